The zero-order valence-electron chi connectivity index (χ0n) is 25.5. The topological polar surface area (TPSA) is 65.6 Å². The van der Waals surface area contributed by atoms with Crippen LogP contribution in [0.15, 0.2) is 17.0 Å². The minimum absolute atomic E-state index is 0.0387. The van der Waals surface area contributed by atoms with Gasteiger partial charge in [0.1, 0.15) is 23.3 Å². The van der Waals surface area contributed by atoms with Crippen molar-refractivity contribution in [1.82, 2.24) is 19.0 Å². The van der Waals surface area contributed by atoms with E-state index in [1.165, 1.54) is 71.2 Å². The molecule has 3 aliphatic rings. The highest BCUT2D eigenvalue weighted by atomic mass is 32.2. The van der Waals surface area contributed by atoms with Crippen LogP contribution >= 0.6 is 0 Å². The second-order valence-electron chi connectivity index (χ2n) is 12.2. The number of ether oxygens (including phenoxy) is 2. The molecular weight excluding hydrogens is 524 g/mol. The molecule has 1 unspecified atom stereocenters. The first kappa shape index (κ1) is 31.4. The lowest BCUT2D eigenvalue weighted by molar-refractivity contribution is -0.137. The second-order valence-corrected chi connectivity index (χ2v) is 13.7. The lowest BCUT2D eigenvalue weighted by atomic mass is 9.87. The van der Waals surface area contributed by atoms with Gasteiger partial charge in [-0.25, -0.2) is 8.51 Å². The molecule has 40 heavy (non-hydrogen) atoms. The number of carbonyl (C=O) groups excluding carboxylic acids is 1. The summed E-state index contributed by atoms with van der Waals surface area (Å²) in [6.07, 6.45) is 9.96. The summed E-state index contributed by atoms with van der Waals surface area (Å²) in [7, 11) is 4.09. The van der Waals surface area contributed by atoms with E-state index in [1.807, 2.05) is 45.0 Å². The lowest BCUT2D eigenvalue weighted by Crippen LogP contribution is -2.48. The normalized spacial score (nSPS) is 23.9. The Hall–Kier alpha value is -1.52. The van der Waals surface area contributed by atoms with Crippen LogP contribution in [0.4, 0.5) is 0 Å². The fourth-order valence-electron chi connectivity index (χ4n) is 6.84. The Morgan fingerprint density at radius 2 is 1.60 bits per heavy atom. The second kappa shape index (κ2) is 15.1. The number of hydrogen-bond donors (Lipinski definition) is 0. The van der Waals surface area contributed by atoms with Gasteiger partial charge in [0.15, 0.2) is 0 Å². The zero-order valence-corrected chi connectivity index (χ0v) is 26.3. The molecule has 3 fully saturated rings. The number of hydrogen-bond acceptors (Lipinski definition) is 6. The van der Waals surface area contributed by atoms with Crippen molar-refractivity contribution in [3.63, 3.8) is 0 Å². The van der Waals surface area contributed by atoms with Crippen molar-refractivity contribution in [2.24, 2.45) is 5.92 Å². The average Bonchev–Trinajstić information content (AvgIpc) is 3.47. The van der Waals surface area contributed by atoms with Crippen LogP contribution in [0.5, 0.6) is 5.75 Å². The molecule has 8 nitrogen and oxygen atoms in total. The van der Waals surface area contributed by atoms with E-state index in [-0.39, 0.29) is 12.5 Å². The van der Waals surface area contributed by atoms with Gasteiger partial charge in [0.2, 0.25) is 5.91 Å². The Morgan fingerprint density at radius 1 is 0.975 bits per heavy atom. The van der Waals surface area contributed by atoms with Crippen molar-refractivity contribution in [2.45, 2.75) is 82.2 Å². The maximum Gasteiger partial charge on any atom is 0.248 e. The van der Waals surface area contributed by atoms with E-state index in [1.54, 1.807) is 11.4 Å². The maximum atomic E-state index is 13.1. The largest absolute Gasteiger partial charge is 0.497 e. The molecule has 2 heterocycles. The summed E-state index contributed by atoms with van der Waals surface area (Å²) in [5.41, 5.74) is 1.88. The molecule has 0 N–H and O–H groups in total. The third kappa shape index (κ3) is 8.28. The summed E-state index contributed by atoms with van der Waals surface area (Å²) in [6.45, 7) is 11.2. The number of likely N-dealkylation sites (N-methyl/N-ethyl adjacent to an activating group) is 2. The van der Waals surface area contributed by atoms with Crippen LogP contribution in [0.2, 0.25) is 0 Å². The van der Waals surface area contributed by atoms with Crippen molar-refractivity contribution in [2.75, 3.05) is 73.7 Å². The molecule has 1 saturated carbocycles. The zero-order chi connectivity index (χ0) is 28.6. The van der Waals surface area contributed by atoms with Crippen molar-refractivity contribution < 1.29 is 18.5 Å². The number of aryl methyl sites for hydroxylation is 2. The Bertz CT molecular complexity index is 963. The number of piperidine rings is 1. The molecule has 0 radical (unpaired) electrons. The Balaban J connectivity index is 1.12. The van der Waals surface area contributed by atoms with E-state index in [9.17, 15) is 9.00 Å². The Kier molecular flexibility index (Phi) is 11.9. The SMILES string of the molecule is COc1cc(C)c(S(=O)N(C)CCOCC(=O)N(C)C2CCC(N3CCC(CN4CCCC4)CC3)CC2)c(C)c1. The summed E-state index contributed by atoms with van der Waals surface area (Å²) in [4.78, 5) is 21.0. The first-order chi connectivity index (χ1) is 19.3. The first-order valence-corrected chi connectivity index (χ1v) is 16.5. The minimum Gasteiger partial charge on any atom is -0.497 e. The van der Waals surface area contributed by atoms with Gasteiger partial charge < -0.3 is 24.2 Å². The first-order valence-electron chi connectivity index (χ1n) is 15.3. The van der Waals surface area contributed by atoms with Crippen molar-refractivity contribution >= 4 is 16.9 Å². The molecule has 1 atom stereocenters. The van der Waals surface area contributed by atoms with Crippen LogP contribution in [-0.2, 0) is 20.5 Å². The van der Waals surface area contributed by atoms with Crippen LogP contribution in [-0.4, -0.2) is 115 Å². The predicted molar refractivity (Wildman–Crippen MR) is 161 cm³/mol. The fraction of sp³-hybridized carbons (Fsp3) is 0.774. The minimum atomic E-state index is -1.30. The summed E-state index contributed by atoms with van der Waals surface area (Å²) < 4.78 is 25.9. The number of nitrogens with zero attached hydrogens (tertiary/aromatic N) is 4. The Morgan fingerprint density at radius 3 is 2.20 bits per heavy atom. The highest BCUT2D eigenvalue weighted by Gasteiger charge is 2.32. The molecule has 9 heteroatoms. The molecule has 1 aromatic rings. The molecule has 0 spiro atoms. The monoisotopic (exact) mass is 576 g/mol. The van der Waals surface area contributed by atoms with E-state index in [0.717, 1.165) is 40.5 Å². The number of rotatable bonds is 12. The van der Waals surface area contributed by atoms with E-state index in [0.29, 0.717) is 25.2 Å². The van der Waals surface area contributed by atoms with Gasteiger partial charge >= 0.3 is 0 Å². The van der Waals surface area contributed by atoms with Crippen LogP contribution < -0.4 is 4.74 Å². The van der Waals surface area contributed by atoms with E-state index < -0.39 is 11.0 Å². The van der Waals surface area contributed by atoms with Gasteiger partial charge in [0.05, 0.1) is 18.6 Å². The highest BCUT2D eigenvalue weighted by Crippen LogP contribution is 2.30. The molecule has 1 aromatic carbocycles. The average molecular weight is 577 g/mol. The Labute approximate surface area is 244 Å². The number of amides is 1. The van der Waals surface area contributed by atoms with Crippen LogP contribution in [0.3, 0.4) is 0 Å². The smallest absolute Gasteiger partial charge is 0.248 e. The van der Waals surface area contributed by atoms with Crippen molar-refractivity contribution in [3.8, 4) is 5.75 Å². The van der Waals surface area contributed by atoms with Gasteiger partial charge in [0.25, 0.3) is 0 Å². The van der Waals surface area contributed by atoms with Crippen LogP contribution in [0.1, 0.15) is 62.5 Å². The number of carbonyl (C=O) groups is 1. The molecule has 0 bridgehead atoms. The van der Waals surface area contributed by atoms with Gasteiger partial charge in [-0.3, -0.25) is 4.79 Å². The van der Waals surface area contributed by atoms with Gasteiger partial charge in [-0.2, -0.15) is 0 Å². The standard InChI is InChI=1S/C31H52N4O4S/c1-24-20-29(38-5)21-25(2)31(24)40(37)32(3)18-19-39-23-30(36)33(4)27-8-10-28(11-9-27)35-16-12-26(13-17-35)22-34-14-6-7-15-34/h20-21,26-28H,6-19,22-23H2,1-5H3. The maximum absolute atomic E-state index is 13.1. The molecule has 2 aliphatic heterocycles. The van der Waals surface area contributed by atoms with Gasteiger partial charge in [-0.1, -0.05) is 0 Å². The predicted octanol–water partition coefficient (Wildman–Crippen LogP) is 3.86. The molecule has 2 saturated heterocycles. The molecule has 4 rings (SSSR count). The summed E-state index contributed by atoms with van der Waals surface area (Å²) in [5, 5.41) is 0. The van der Waals surface area contributed by atoms with E-state index in [2.05, 4.69) is 9.80 Å². The summed E-state index contributed by atoms with van der Waals surface area (Å²) >= 11 is 0. The number of benzene rings is 1. The van der Waals surface area contributed by atoms with Gasteiger partial charge in [-0.15, -0.1) is 0 Å². The van der Waals surface area contributed by atoms with E-state index in [4.69, 9.17) is 9.47 Å². The third-order valence-corrected chi connectivity index (χ3v) is 11.1. The van der Waals surface area contributed by atoms with Crippen LogP contribution in [0, 0.1) is 19.8 Å². The van der Waals surface area contributed by atoms with Crippen LogP contribution in [0.25, 0.3) is 0 Å². The van der Waals surface area contributed by atoms with Gasteiger partial charge in [0, 0.05) is 39.3 Å². The molecule has 1 aliphatic carbocycles. The number of likely N-dealkylation sites (tertiary alicyclic amines) is 2. The summed E-state index contributed by atoms with van der Waals surface area (Å²) in [6, 6.07) is 4.80. The lowest BCUT2D eigenvalue weighted by Gasteiger charge is -2.42. The summed E-state index contributed by atoms with van der Waals surface area (Å²) in [5.74, 6) is 1.69. The molecule has 0 aromatic heterocycles. The highest BCUT2D eigenvalue weighted by molar-refractivity contribution is 7.82. The number of methoxy groups -OCH3 is 1. The molecule has 226 valence electrons. The third-order valence-electron chi connectivity index (χ3n) is 9.39. The fourth-order valence-corrected chi connectivity index (χ4v) is 8.06. The molecular formula is C31H52N4O4S. The van der Waals surface area contributed by atoms with E-state index >= 15 is 0 Å². The van der Waals surface area contributed by atoms with Crippen molar-refractivity contribution in [3.05, 3.63) is 23.3 Å². The molecule has 1 amide bonds. The quantitative estimate of drug-likeness (QED) is 0.352. The van der Waals surface area contributed by atoms with Crippen molar-refractivity contribution in [1.29, 1.82) is 0 Å². The van der Waals surface area contributed by atoms with Gasteiger partial charge in [-0.05, 0) is 121 Å².